The van der Waals surface area contributed by atoms with Gasteiger partial charge in [0.25, 0.3) is 0 Å². The van der Waals surface area contributed by atoms with Gasteiger partial charge in [-0.25, -0.2) is 0 Å². The number of nitrogens with two attached hydrogens (primary N) is 1. The minimum atomic E-state index is -0.279. The highest BCUT2D eigenvalue weighted by molar-refractivity contribution is 9.10. The average Bonchev–Trinajstić information content (AvgIpc) is 2.48. The zero-order valence-electron chi connectivity index (χ0n) is 10.6. The molecule has 0 aromatic heterocycles. The van der Waals surface area contributed by atoms with Gasteiger partial charge < -0.3 is 15.2 Å². The second-order valence-electron chi connectivity index (χ2n) is 4.55. The van der Waals surface area contributed by atoms with Gasteiger partial charge in [-0.1, -0.05) is 33.6 Å². The van der Waals surface area contributed by atoms with Crippen LogP contribution in [0.15, 0.2) is 40.9 Å². The van der Waals surface area contributed by atoms with Crippen molar-refractivity contribution in [3.63, 3.8) is 0 Å². The molecule has 3 nitrogen and oxygen atoms in total. The smallest absolute Gasteiger partial charge is 0.161 e. The summed E-state index contributed by atoms with van der Waals surface area (Å²) in [6, 6.07) is 11.1. The lowest BCUT2D eigenvalue weighted by molar-refractivity contribution is 0.171. The van der Waals surface area contributed by atoms with Gasteiger partial charge in [0.05, 0.1) is 6.04 Å². The SMILES string of the molecule is NC(c1ccc2c(c1)OCCO2)c1cc(Cl)ccc1Br. The third kappa shape index (κ3) is 2.64. The van der Waals surface area contributed by atoms with Crippen LogP contribution in [-0.2, 0) is 0 Å². The number of benzene rings is 2. The van der Waals surface area contributed by atoms with Crippen LogP contribution >= 0.6 is 27.5 Å². The molecule has 1 atom stereocenters. The molecule has 5 heteroatoms. The topological polar surface area (TPSA) is 44.5 Å². The monoisotopic (exact) mass is 353 g/mol. The Bertz CT molecular complexity index is 648. The number of hydrogen-bond acceptors (Lipinski definition) is 3. The fraction of sp³-hybridized carbons (Fsp3) is 0.200. The van der Waals surface area contributed by atoms with Crippen molar-refractivity contribution in [2.75, 3.05) is 13.2 Å². The molecule has 0 amide bonds. The van der Waals surface area contributed by atoms with Crippen molar-refractivity contribution >= 4 is 27.5 Å². The Morgan fingerprint density at radius 3 is 2.60 bits per heavy atom. The molecule has 20 heavy (non-hydrogen) atoms. The van der Waals surface area contributed by atoms with Crippen LogP contribution in [0.1, 0.15) is 17.2 Å². The van der Waals surface area contributed by atoms with Gasteiger partial charge in [-0.3, -0.25) is 0 Å². The largest absolute Gasteiger partial charge is 0.486 e. The van der Waals surface area contributed by atoms with Gasteiger partial charge in [-0.15, -0.1) is 0 Å². The van der Waals surface area contributed by atoms with Gasteiger partial charge >= 0.3 is 0 Å². The van der Waals surface area contributed by atoms with Gasteiger partial charge in [0.1, 0.15) is 13.2 Å². The predicted octanol–water partition coefficient (Wildman–Crippen LogP) is 3.92. The highest BCUT2D eigenvalue weighted by Gasteiger charge is 2.17. The van der Waals surface area contributed by atoms with E-state index >= 15 is 0 Å². The first kappa shape index (κ1) is 13.7. The highest BCUT2D eigenvalue weighted by Crippen LogP contribution is 2.35. The lowest BCUT2D eigenvalue weighted by atomic mass is 9.99. The Kier molecular flexibility index (Phi) is 3.87. The fourth-order valence-corrected chi connectivity index (χ4v) is 2.86. The van der Waals surface area contributed by atoms with Crippen LogP contribution in [-0.4, -0.2) is 13.2 Å². The van der Waals surface area contributed by atoms with Crippen LogP contribution in [0.4, 0.5) is 0 Å². The van der Waals surface area contributed by atoms with Crippen LogP contribution < -0.4 is 15.2 Å². The van der Waals surface area contributed by atoms with Crippen molar-refractivity contribution in [3.8, 4) is 11.5 Å². The first-order chi connectivity index (χ1) is 9.65. The molecule has 0 bridgehead atoms. The number of hydrogen-bond donors (Lipinski definition) is 1. The summed E-state index contributed by atoms with van der Waals surface area (Å²) in [5, 5.41) is 0.663. The quantitative estimate of drug-likeness (QED) is 0.889. The Morgan fingerprint density at radius 2 is 1.80 bits per heavy atom. The van der Waals surface area contributed by atoms with E-state index in [1.807, 2.05) is 36.4 Å². The zero-order chi connectivity index (χ0) is 14.1. The zero-order valence-corrected chi connectivity index (χ0v) is 12.9. The highest BCUT2D eigenvalue weighted by atomic mass is 79.9. The molecule has 3 rings (SSSR count). The number of halogens is 2. The van der Waals surface area contributed by atoms with E-state index in [0.717, 1.165) is 27.1 Å². The van der Waals surface area contributed by atoms with E-state index in [1.54, 1.807) is 0 Å². The summed E-state index contributed by atoms with van der Waals surface area (Å²) in [6.45, 7) is 1.14. The maximum absolute atomic E-state index is 6.33. The van der Waals surface area contributed by atoms with Crippen molar-refractivity contribution < 1.29 is 9.47 Å². The fourth-order valence-electron chi connectivity index (χ4n) is 2.19. The van der Waals surface area contributed by atoms with Crippen molar-refractivity contribution in [2.45, 2.75) is 6.04 Å². The van der Waals surface area contributed by atoms with E-state index in [1.165, 1.54) is 0 Å². The summed E-state index contributed by atoms with van der Waals surface area (Å²) in [7, 11) is 0. The molecule has 2 aromatic rings. The van der Waals surface area contributed by atoms with Gasteiger partial charge in [-0.2, -0.15) is 0 Å². The molecule has 2 aromatic carbocycles. The molecule has 0 saturated heterocycles. The molecule has 0 fully saturated rings. The van der Waals surface area contributed by atoms with Crippen LogP contribution in [0, 0.1) is 0 Å². The maximum Gasteiger partial charge on any atom is 0.161 e. The first-order valence-electron chi connectivity index (χ1n) is 6.25. The summed E-state index contributed by atoms with van der Waals surface area (Å²) < 4.78 is 12.0. The molecular formula is C15H13BrClNO2. The molecule has 1 aliphatic heterocycles. The molecule has 0 saturated carbocycles. The summed E-state index contributed by atoms with van der Waals surface area (Å²) in [5.41, 5.74) is 8.23. The van der Waals surface area contributed by atoms with E-state index in [-0.39, 0.29) is 6.04 Å². The molecule has 1 aliphatic rings. The second-order valence-corrected chi connectivity index (χ2v) is 5.84. The van der Waals surface area contributed by atoms with Crippen LogP contribution in [0.25, 0.3) is 0 Å². The van der Waals surface area contributed by atoms with Crippen molar-refractivity contribution in [3.05, 3.63) is 57.0 Å². The standard InChI is InChI=1S/C15H13BrClNO2/c16-12-3-2-10(17)8-11(12)15(18)9-1-4-13-14(7-9)20-6-5-19-13/h1-4,7-8,15H,5-6,18H2. The Balaban J connectivity index is 1.97. The minimum Gasteiger partial charge on any atom is -0.486 e. The first-order valence-corrected chi connectivity index (χ1v) is 7.42. The molecule has 0 aliphatic carbocycles. The van der Waals surface area contributed by atoms with Crippen LogP contribution in [0.5, 0.6) is 11.5 Å². The number of ether oxygens (including phenoxy) is 2. The predicted molar refractivity (Wildman–Crippen MR) is 82.6 cm³/mol. The molecule has 104 valence electrons. The molecule has 1 heterocycles. The third-order valence-electron chi connectivity index (χ3n) is 3.22. The minimum absolute atomic E-state index is 0.279. The number of fused-ring (bicyclic) bond motifs is 1. The van der Waals surface area contributed by atoms with E-state index in [4.69, 9.17) is 26.8 Å². The Labute approximate surface area is 130 Å². The lowest BCUT2D eigenvalue weighted by Gasteiger charge is -2.21. The van der Waals surface area contributed by atoms with Gasteiger partial charge in [0.2, 0.25) is 0 Å². The number of rotatable bonds is 2. The lowest BCUT2D eigenvalue weighted by Crippen LogP contribution is -2.17. The van der Waals surface area contributed by atoms with Crippen molar-refractivity contribution in [1.82, 2.24) is 0 Å². The third-order valence-corrected chi connectivity index (χ3v) is 4.18. The summed E-state index contributed by atoms with van der Waals surface area (Å²) in [6.07, 6.45) is 0. The Morgan fingerprint density at radius 1 is 1.05 bits per heavy atom. The second kappa shape index (κ2) is 5.64. The van der Waals surface area contributed by atoms with Gasteiger partial charge in [0, 0.05) is 9.50 Å². The molecular weight excluding hydrogens is 342 g/mol. The summed E-state index contributed by atoms with van der Waals surface area (Å²) >= 11 is 9.55. The van der Waals surface area contributed by atoms with Crippen molar-refractivity contribution in [1.29, 1.82) is 0 Å². The Hall–Kier alpha value is -1.23. The molecule has 0 radical (unpaired) electrons. The van der Waals surface area contributed by atoms with Gasteiger partial charge in [0.15, 0.2) is 11.5 Å². The summed E-state index contributed by atoms with van der Waals surface area (Å²) in [4.78, 5) is 0. The molecule has 0 spiro atoms. The maximum atomic E-state index is 6.33. The van der Waals surface area contributed by atoms with E-state index < -0.39 is 0 Å². The van der Waals surface area contributed by atoms with Gasteiger partial charge in [-0.05, 0) is 41.5 Å². The molecule has 1 unspecified atom stereocenters. The van der Waals surface area contributed by atoms with E-state index in [0.29, 0.717) is 18.2 Å². The van der Waals surface area contributed by atoms with E-state index in [2.05, 4.69) is 15.9 Å². The summed E-state index contributed by atoms with van der Waals surface area (Å²) in [5.74, 6) is 1.50. The van der Waals surface area contributed by atoms with Crippen molar-refractivity contribution in [2.24, 2.45) is 5.73 Å². The van der Waals surface area contributed by atoms with Crippen LogP contribution in [0.2, 0.25) is 5.02 Å². The average molecular weight is 355 g/mol. The molecule has 2 N–H and O–H groups in total. The van der Waals surface area contributed by atoms with Crippen LogP contribution in [0.3, 0.4) is 0 Å². The van der Waals surface area contributed by atoms with E-state index in [9.17, 15) is 0 Å². The normalized spacial score (nSPS) is 14.9.